The van der Waals surface area contributed by atoms with Crippen LogP contribution in [0.1, 0.15) is 13.8 Å². The van der Waals surface area contributed by atoms with Crippen molar-refractivity contribution in [2.75, 3.05) is 25.6 Å². The third-order valence-electron chi connectivity index (χ3n) is 3.18. The van der Waals surface area contributed by atoms with Crippen LogP contribution in [0.15, 0.2) is 22.7 Å². The Labute approximate surface area is 122 Å². The van der Waals surface area contributed by atoms with Crippen LogP contribution < -0.4 is 11.1 Å². The van der Waals surface area contributed by atoms with E-state index in [1.165, 1.54) is 0 Å². The number of halogens is 2. The Balaban J connectivity index is 2.98. The smallest absolute Gasteiger partial charge is 0.0751 e. The number of nitrogens with one attached hydrogen (secondary N) is 1. The standard InChI is InChI=1S/C13H20BrClN2O/c1-9(2)13(7-16,8-18-3)17-10-4-5-12(15)11(14)6-10/h4-6,9,17H,7-8,16H2,1-3H3. The second kappa shape index (κ2) is 6.75. The minimum Gasteiger partial charge on any atom is -0.382 e. The highest BCUT2D eigenvalue weighted by Crippen LogP contribution is 2.29. The molecule has 0 aliphatic rings. The largest absolute Gasteiger partial charge is 0.382 e. The molecule has 0 amide bonds. The van der Waals surface area contributed by atoms with Gasteiger partial charge in [-0.15, -0.1) is 0 Å². The summed E-state index contributed by atoms with van der Waals surface area (Å²) in [5, 5.41) is 4.16. The van der Waals surface area contributed by atoms with Crippen LogP contribution in [0.25, 0.3) is 0 Å². The van der Waals surface area contributed by atoms with Crippen LogP contribution in [-0.4, -0.2) is 25.8 Å². The van der Waals surface area contributed by atoms with Crippen molar-refractivity contribution in [3.05, 3.63) is 27.7 Å². The highest BCUT2D eigenvalue weighted by Gasteiger charge is 2.32. The molecule has 3 nitrogen and oxygen atoms in total. The second-order valence-corrected chi connectivity index (χ2v) is 5.96. The molecule has 0 saturated carbocycles. The van der Waals surface area contributed by atoms with Gasteiger partial charge >= 0.3 is 0 Å². The van der Waals surface area contributed by atoms with Gasteiger partial charge in [0.15, 0.2) is 0 Å². The first-order chi connectivity index (χ1) is 8.45. The molecule has 5 heteroatoms. The minimum atomic E-state index is -0.276. The minimum absolute atomic E-state index is 0.276. The molecule has 0 fully saturated rings. The fourth-order valence-electron chi connectivity index (χ4n) is 1.81. The lowest BCUT2D eigenvalue weighted by Gasteiger charge is -2.38. The molecule has 0 aromatic heterocycles. The van der Waals surface area contributed by atoms with Crippen LogP contribution in [0.3, 0.4) is 0 Å². The fraction of sp³-hybridized carbons (Fsp3) is 0.538. The summed E-state index contributed by atoms with van der Waals surface area (Å²) in [4.78, 5) is 0. The normalized spacial score (nSPS) is 14.6. The van der Waals surface area contributed by atoms with E-state index >= 15 is 0 Å². The van der Waals surface area contributed by atoms with Crippen LogP contribution >= 0.6 is 27.5 Å². The number of anilines is 1. The van der Waals surface area contributed by atoms with Crippen LogP contribution in [0.2, 0.25) is 5.02 Å². The van der Waals surface area contributed by atoms with Crippen molar-refractivity contribution in [1.82, 2.24) is 0 Å². The lowest BCUT2D eigenvalue weighted by Crippen LogP contribution is -2.53. The van der Waals surface area contributed by atoms with Gasteiger partial charge in [0.25, 0.3) is 0 Å². The van der Waals surface area contributed by atoms with E-state index in [0.717, 1.165) is 10.2 Å². The van der Waals surface area contributed by atoms with Crippen LogP contribution in [0.4, 0.5) is 5.69 Å². The van der Waals surface area contributed by atoms with Gasteiger partial charge in [0, 0.05) is 23.8 Å². The first-order valence-electron chi connectivity index (χ1n) is 5.87. The third-order valence-corrected chi connectivity index (χ3v) is 4.40. The van der Waals surface area contributed by atoms with Gasteiger partial charge in [-0.05, 0) is 40.0 Å². The van der Waals surface area contributed by atoms with Crippen molar-refractivity contribution < 1.29 is 4.74 Å². The van der Waals surface area contributed by atoms with Gasteiger partial charge in [-0.2, -0.15) is 0 Å². The molecule has 0 radical (unpaired) electrons. The topological polar surface area (TPSA) is 47.3 Å². The molecule has 0 bridgehead atoms. The summed E-state index contributed by atoms with van der Waals surface area (Å²) in [6.07, 6.45) is 0. The average molecular weight is 336 g/mol. The number of ether oxygens (including phenoxy) is 1. The lowest BCUT2D eigenvalue weighted by atomic mass is 9.86. The number of hydrogen-bond acceptors (Lipinski definition) is 3. The van der Waals surface area contributed by atoms with E-state index in [2.05, 4.69) is 35.1 Å². The highest BCUT2D eigenvalue weighted by molar-refractivity contribution is 9.10. The fourth-order valence-corrected chi connectivity index (χ4v) is 2.31. The zero-order valence-corrected chi connectivity index (χ0v) is 13.3. The van der Waals surface area contributed by atoms with Gasteiger partial charge in [-0.25, -0.2) is 0 Å². The van der Waals surface area contributed by atoms with Crippen molar-refractivity contribution in [3.8, 4) is 0 Å². The van der Waals surface area contributed by atoms with E-state index in [0.29, 0.717) is 24.1 Å². The van der Waals surface area contributed by atoms with E-state index in [1.54, 1.807) is 7.11 Å². The molecule has 18 heavy (non-hydrogen) atoms. The number of hydrogen-bond donors (Lipinski definition) is 2. The molecule has 1 unspecified atom stereocenters. The SMILES string of the molecule is COCC(CN)(Nc1ccc(Cl)c(Br)c1)C(C)C. The number of benzene rings is 1. The Bertz CT molecular complexity index is 401. The van der Waals surface area contributed by atoms with Crippen molar-refractivity contribution in [2.45, 2.75) is 19.4 Å². The predicted molar refractivity (Wildman–Crippen MR) is 81.3 cm³/mol. The van der Waals surface area contributed by atoms with Crippen LogP contribution in [0, 0.1) is 5.92 Å². The van der Waals surface area contributed by atoms with E-state index in [-0.39, 0.29) is 5.54 Å². The molecule has 1 aromatic rings. The molecule has 0 heterocycles. The molecule has 3 N–H and O–H groups in total. The average Bonchev–Trinajstić information content (AvgIpc) is 2.33. The maximum Gasteiger partial charge on any atom is 0.0751 e. The molecule has 1 rings (SSSR count). The molecule has 0 saturated heterocycles. The molecular formula is C13H20BrClN2O. The number of nitrogens with two attached hydrogens (primary N) is 1. The molecule has 0 aliphatic heterocycles. The molecular weight excluding hydrogens is 316 g/mol. The van der Waals surface area contributed by atoms with Crippen LogP contribution in [-0.2, 0) is 4.74 Å². The first-order valence-corrected chi connectivity index (χ1v) is 7.04. The number of methoxy groups -OCH3 is 1. The summed E-state index contributed by atoms with van der Waals surface area (Å²) < 4.78 is 6.17. The summed E-state index contributed by atoms with van der Waals surface area (Å²) in [7, 11) is 1.69. The number of rotatable bonds is 6. The summed E-state index contributed by atoms with van der Waals surface area (Å²) in [6.45, 7) is 5.31. The van der Waals surface area contributed by atoms with Crippen molar-refractivity contribution in [3.63, 3.8) is 0 Å². The van der Waals surface area contributed by atoms with E-state index in [9.17, 15) is 0 Å². The first kappa shape index (κ1) is 15.8. The van der Waals surface area contributed by atoms with Gasteiger partial charge in [-0.1, -0.05) is 25.4 Å². The van der Waals surface area contributed by atoms with Crippen LogP contribution in [0.5, 0.6) is 0 Å². The van der Waals surface area contributed by atoms with Gasteiger partial charge in [0.2, 0.25) is 0 Å². The van der Waals surface area contributed by atoms with Crippen molar-refractivity contribution in [1.29, 1.82) is 0 Å². The quantitative estimate of drug-likeness (QED) is 0.836. The van der Waals surface area contributed by atoms with E-state index in [1.807, 2.05) is 18.2 Å². The van der Waals surface area contributed by atoms with E-state index < -0.39 is 0 Å². The Kier molecular flexibility index (Phi) is 5.92. The van der Waals surface area contributed by atoms with Crippen molar-refractivity contribution in [2.24, 2.45) is 11.7 Å². The Morgan fingerprint density at radius 2 is 2.17 bits per heavy atom. The summed E-state index contributed by atoms with van der Waals surface area (Å²) in [5.74, 6) is 0.344. The zero-order chi connectivity index (χ0) is 13.8. The summed E-state index contributed by atoms with van der Waals surface area (Å²) in [6, 6.07) is 5.74. The predicted octanol–water partition coefficient (Wildman–Crippen LogP) is 3.51. The Morgan fingerprint density at radius 1 is 1.50 bits per heavy atom. The molecule has 0 aliphatic carbocycles. The highest BCUT2D eigenvalue weighted by atomic mass is 79.9. The Morgan fingerprint density at radius 3 is 2.61 bits per heavy atom. The third kappa shape index (κ3) is 3.60. The molecule has 0 spiro atoms. The van der Waals surface area contributed by atoms with Gasteiger partial charge in [0.05, 0.1) is 17.2 Å². The maximum atomic E-state index is 5.99. The Hall–Kier alpha value is -0.290. The monoisotopic (exact) mass is 334 g/mol. The van der Waals surface area contributed by atoms with Gasteiger partial charge < -0.3 is 15.8 Å². The maximum absolute atomic E-state index is 5.99. The summed E-state index contributed by atoms with van der Waals surface area (Å²) >= 11 is 9.40. The van der Waals surface area contributed by atoms with Crippen molar-refractivity contribution >= 4 is 33.2 Å². The molecule has 1 atom stereocenters. The molecule has 1 aromatic carbocycles. The zero-order valence-electron chi connectivity index (χ0n) is 11.0. The van der Waals surface area contributed by atoms with Gasteiger partial charge in [-0.3, -0.25) is 0 Å². The van der Waals surface area contributed by atoms with Gasteiger partial charge in [0.1, 0.15) is 0 Å². The lowest BCUT2D eigenvalue weighted by molar-refractivity contribution is 0.121. The summed E-state index contributed by atoms with van der Waals surface area (Å²) in [5.41, 5.74) is 6.63. The second-order valence-electron chi connectivity index (χ2n) is 4.70. The van der Waals surface area contributed by atoms with E-state index in [4.69, 9.17) is 22.1 Å². The molecule has 102 valence electrons.